The number of ether oxygens (including phenoxy) is 7. The fourth-order valence-electron chi connectivity index (χ4n) is 18.5. The standard InChI is InChI=1S/2C18H15S.C17H26O2.C14H20O3.C13H16O7S.C8H12O7S.C6H10O5S/c2*1-4-10-16(11-5-1)19(17-12-6-2-7-13-17)18-14-8-3-9-15-18;1-10(2)16(18)19-17(11(3)4)14-6-12-5-13(8-14)9-15(17)7-12;1-9(2)12(15)17-14-6-10-3-11(7-14)5-13(16,4-10)8-14;1-6(2)13(15)18-5-10(14)19-11-7-3-8-9(4-7)21(16,17)20-12(8)11;1-6(2)8(10)15-5-7(9)14-3-4-16(11,12)13;1-5(2)6(7)11-3-4-12(8,9)10/h2*1-15H;11-15H,1,5-9H2,2-4H3;10-11,16H,1,3-8H2,2H3;7-9,11-12H,1,3-5H2,2H3;1,3-5H2,2H3,(H,11,12,13);1,3-4H2,2H3,(H,8,9,10)/q2*+1;;;;;/p-2. The molecule has 0 spiro atoms. The molecular weight excluding hydrogens is 1670 g/mol. The van der Waals surface area contributed by atoms with Gasteiger partial charge in [-0.25, -0.2) is 50.4 Å². The molecule has 1 aliphatic heterocycles. The Hall–Kier alpha value is -9.30. The zero-order valence-electron chi connectivity index (χ0n) is 70.6. The van der Waals surface area contributed by atoms with E-state index >= 15 is 0 Å². The number of hydrogen-bond donors (Lipinski definition) is 1. The summed E-state index contributed by atoms with van der Waals surface area (Å²) < 4.78 is 124. The Morgan fingerprint density at radius 3 is 1.13 bits per heavy atom. The maximum absolute atomic E-state index is 12.1. The van der Waals surface area contributed by atoms with Crippen LogP contribution in [-0.2, 0) is 123 Å². The zero-order valence-corrected chi connectivity index (χ0v) is 74.7. The average Bonchev–Trinajstić information content (AvgIpc) is 1.65. The van der Waals surface area contributed by atoms with Gasteiger partial charge in [0.25, 0.3) is 10.1 Å². The molecule has 11 aliphatic rings. The molecule has 123 heavy (non-hydrogen) atoms. The van der Waals surface area contributed by atoms with Crippen LogP contribution in [0.5, 0.6) is 0 Å². The predicted octanol–water partition coefficient (Wildman–Crippen LogP) is 14.7. The molecule has 10 bridgehead atoms. The van der Waals surface area contributed by atoms with Crippen LogP contribution in [0.25, 0.3) is 0 Å². The maximum Gasteiger partial charge on any atom is 0.344 e. The fraction of sp³-hybridized carbons (Fsp3) is 0.436. The lowest BCUT2D eigenvalue weighted by Gasteiger charge is -2.61. The highest BCUT2D eigenvalue weighted by molar-refractivity contribution is 7.97. The van der Waals surface area contributed by atoms with Gasteiger partial charge in [-0.3, -0.25) is 4.18 Å². The van der Waals surface area contributed by atoms with Crippen molar-refractivity contribution in [3.63, 3.8) is 0 Å². The lowest BCUT2D eigenvalue weighted by Crippen LogP contribution is -2.62. The molecule has 7 unspecified atom stereocenters. The van der Waals surface area contributed by atoms with Gasteiger partial charge in [0, 0.05) is 46.1 Å². The molecule has 10 saturated carbocycles. The lowest BCUT2D eigenvalue weighted by atomic mass is 9.47. The van der Waals surface area contributed by atoms with Gasteiger partial charge in [0.05, 0.1) is 64.4 Å². The number of esters is 7. The predicted molar refractivity (Wildman–Crippen MR) is 463 cm³/mol. The van der Waals surface area contributed by atoms with E-state index in [2.05, 4.69) is 243 Å². The van der Waals surface area contributed by atoms with Crippen molar-refractivity contribution in [3.8, 4) is 0 Å². The van der Waals surface area contributed by atoms with E-state index in [1.54, 1.807) is 13.8 Å². The van der Waals surface area contributed by atoms with Gasteiger partial charge in [-0.05, 0) is 226 Å². The highest BCUT2D eigenvalue weighted by atomic mass is 32.2. The van der Waals surface area contributed by atoms with Crippen LogP contribution >= 0.6 is 0 Å². The molecule has 11 fully saturated rings. The molecule has 29 heteroatoms. The van der Waals surface area contributed by atoms with Crippen LogP contribution < -0.4 is 0 Å². The van der Waals surface area contributed by atoms with Crippen molar-refractivity contribution in [2.75, 3.05) is 37.9 Å². The van der Waals surface area contributed by atoms with Gasteiger partial charge in [0.2, 0.25) is 0 Å². The van der Waals surface area contributed by atoms with E-state index in [1.807, 2.05) is 0 Å². The summed E-state index contributed by atoms with van der Waals surface area (Å²) in [6, 6.07) is 64.3. The van der Waals surface area contributed by atoms with Crippen LogP contribution in [-0.4, -0.2) is 153 Å². The third kappa shape index (κ3) is 27.6. The number of aliphatic hydroxyl groups is 1. The number of rotatable bonds is 25. The third-order valence-corrected chi connectivity index (χ3v) is 30.5. The molecule has 0 amide bonds. The van der Waals surface area contributed by atoms with E-state index in [-0.39, 0.29) is 67.9 Å². The highest BCUT2D eigenvalue weighted by Gasteiger charge is 2.66. The van der Waals surface area contributed by atoms with Gasteiger partial charge in [-0.1, -0.05) is 156 Å². The van der Waals surface area contributed by atoms with Crippen molar-refractivity contribution in [2.24, 2.45) is 53.3 Å². The number of hydrogen-bond acceptors (Lipinski definition) is 24. The van der Waals surface area contributed by atoms with Crippen molar-refractivity contribution < 1.29 is 110 Å². The van der Waals surface area contributed by atoms with Gasteiger partial charge in [0.1, 0.15) is 36.6 Å². The molecule has 10 aliphatic carbocycles. The van der Waals surface area contributed by atoms with Crippen LogP contribution in [0.3, 0.4) is 0 Å². The molecule has 1 saturated heterocycles. The molecule has 17 rings (SSSR count). The van der Waals surface area contributed by atoms with E-state index in [1.165, 1.54) is 88.7 Å². The SMILES string of the molecule is C=C(C)C(=O)OC1(C(C)C)C2CC3CC(C2)CC1C3.C=C(C)C(=O)OC12CC3CC(CC(O)(C3)C1)C2.C=C(C)C(=O)OCC(=O)OC1C2CC3C1OS(=O)(=O)C3C2.C=C(C)C(=O)OCC(=O)OCCS(=O)(=O)[O-].C=C(C)C(=O)OCCS(=O)(=O)[O-].c1ccc([S+](c2ccccc2)c2ccccc2)cc1.c1ccc([S+](c2ccccc2)c2ccccc2)cc1. The number of benzene rings is 6. The first kappa shape index (κ1) is 97.5. The molecule has 1 heterocycles. The monoisotopic (exact) mass is 1780 g/mol. The summed E-state index contributed by atoms with van der Waals surface area (Å²) in [6.07, 6.45) is 12.0. The summed E-state index contributed by atoms with van der Waals surface area (Å²) in [7, 11) is -12.3. The Balaban J connectivity index is 0.000000164. The zero-order chi connectivity index (χ0) is 89.8. The van der Waals surface area contributed by atoms with E-state index in [4.69, 9.17) is 23.1 Å². The molecule has 0 aromatic heterocycles. The van der Waals surface area contributed by atoms with Gasteiger partial charge in [-0.2, -0.15) is 8.42 Å². The molecule has 0 radical (unpaired) electrons. The van der Waals surface area contributed by atoms with Crippen molar-refractivity contribution in [1.29, 1.82) is 0 Å². The number of carbonyl (C=O) groups is 7. The lowest BCUT2D eigenvalue weighted by molar-refractivity contribution is -0.221. The smallest absolute Gasteiger partial charge is 0.344 e. The molecule has 24 nitrogen and oxygen atoms in total. The van der Waals surface area contributed by atoms with Crippen LogP contribution in [0.1, 0.15) is 132 Å². The summed E-state index contributed by atoms with van der Waals surface area (Å²) in [4.78, 5) is 87.2. The first-order valence-corrected chi connectivity index (χ1v) is 48.1. The van der Waals surface area contributed by atoms with E-state index in [0.29, 0.717) is 60.0 Å². The van der Waals surface area contributed by atoms with Crippen molar-refractivity contribution >= 4 is 93.9 Å². The maximum atomic E-state index is 12.1. The third-order valence-electron chi connectivity index (χ3n) is 23.0. The molecule has 662 valence electrons. The summed E-state index contributed by atoms with van der Waals surface area (Å²) in [5.74, 6) is -1.36. The minimum atomic E-state index is -4.41. The van der Waals surface area contributed by atoms with Gasteiger partial charge >= 0.3 is 41.8 Å². The minimum Gasteiger partial charge on any atom is -0.748 e. The molecule has 6 aromatic rings. The fourth-order valence-corrected chi connectivity index (χ4v) is 25.1. The normalized spacial score (nSPS) is 25.5. The summed E-state index contributed by atoms with van der Waals surface area (Å²) >= 11 is 0. The second-order valence-corrected chi connectivity index (χ2v) is 42.2. The van der Waals surface area contributed by atoms with Crippen LogP contribution in [0.2, 0.25) is 0 Å². The minimum absolute atomic E-state index is 0.00284. The van der Waals surface area contributed by atoms with Crippen molar-refractivity contribution in [2.45, 2.75) is 196 Å². The Morgan fingerprint density at radius 1 is 0.455 bits per heavy atom. The van der Waals surface area contributed by atoms with Crippen molar-refractivity contribution in [3.05, 3.63) is 243 Å². The Morgan fingerprint density at radius 2 is 0.789 bits per heavy atom. The molecule has 1 N–H and O–H groups in total. The first-order chi connectivity index (χ1) is 58.1. The largest absolute Gasteiger partial charge is 0.748 e. The van der Waals surface area contributed by atoms with E-state index in [0.717, 1.165) is 37.5 Å². The molecular formula is C94H112O24S5. The summed E-state index contributed by atoms with van der Waals surface area (Å²) in [5.41, 5.74) is 0.295. The van der Waals surface area contributed by atoms with Gasteiger partial charge < -0.3 is 47.4 Å². The van der Waals surface area contributed by atoms with Gasteiger partial charge in [-0.15, -0.1) is 0 Å². The van der Waals surface area contributed by atoms with Crippen LogP contribution in [0, 0.1) is 53.3 Å². The van der Waals surface area contributed by atoms with Crippen molar-refractivity contribution in [1.82, 2.24) is 0 Å². The van der Waals surface area contributed by atoms with E-state index in [9.17, 15) is 73.0 Å². The number of carbonyl (C=O) groups excluding carboxylic acids is 7. The Labute approximate surface area is 729 Å². The quantitative estimate of drug-likeness (QED) is 0.0139. The Bertz CT molecular complexity index is 4720. The number of fused-ring (bicyclic) bond motifs is 1. The second-order valence-electron chi connectivity index (χ2n) is 33.3. The highest BCUT2D eigenvalue weighted by Crippen LogP contribution is 2.63. The average molecular weight is 1790 g/mol. The Kier molecular flexibility index (Phi) is 34.5. The first-order valence-electron chi connectivity index (χ1n) is 41.0. The molecule has 6 aromatic carbocycles. The molecule has 7 atom stereocenters. The van der Waals surface area contributed by atoms with Crippen LogP contribution in [0.15, 0.2) is 272 Å². The van der Waals surface area contributed by atoms with Gasteiger partial charge in [0.15, 0.2) is 42.6 Å². The summed E-state index contributed by atoms with van der Waals surface area (Å²) in [6.45, 7) is 27.4. The second kappa shape index (κ2) is 43.5. The van der Waals surface area contributed by atoms with Crippen LogP contribution in [0.4, 0.5) is 0 Å². The topological polar surface area (TPSA) is 362 Å². The van der Waals surface area contributed by atoms with E-state index < -0.39 is 127 Å². The summed E-state index contributed by atoms with van der Waals surface area (Å²) in [5, 5.41) is 10.1.